The van der Waals surface area contributed by atoms with Crippen molar-refractivity contribution in [2.24, 2.45) is 0 Å². The SMILES string of the molecule is COc1ccc(C2CNCCN2c2ncnc3cc(Cl)c([N+](=O)[O-])cc23)cc1. The van der Waals surface area contributed by atoms with Crippen LogP contribution in [-0.4, -0.2) is 41.6 Å². The molecule has 0 spiro atoms. The number of nitrogens with zero attached hydrogens (tertiary/aromatic N) is 4. The van der Waals surface area contributed by atoms with Gasteiger partial charge >= 0.3 is 0 Å². The molecule has 1 N–H and O–H groups in total. The van der Waals surface area contributed by atoms with E-state index in [1.807, 2.05) is 24.3 Å². The predicted octanol–water partition coefficient (Wildman–Crippen LogP) is 3.35. The smallest absolute Gasteiger partial charge is 0.288 e. The van der Waals surface area contributed by atoms with Gasteiger partial charge in [0, 0.05) is 31.1 Å². The van der Waals surface area contributed by atoms with Gasteiger partial charge in [0.05, 0.1) is 23.6 Å². The van der Waals surface area contributed by atoms with Crippen LogP contribution in [0.5, 0.6) is 5.75 Å². The predicted molar refractivity (Wildman–Crippen MR) is 107 cm³/mol. The number of nitro benzene ring substituents is 1. The van der Waals surface area contributed by atoms with E-state index >= 15 is 0 Å². The molecule has 2 aromatic carbocycles. The van der Waals surface area contributed by atoms with Gasteiger partial charge in [-0.1, -0.05) is 23.7 Å². The van der Waals surface area contributed by atoms with Gasteiger partial charge in [0.25, 0.3) is 5.69 Å². The molecule has 0 saturated carbocycles. The van der Waals surface area contributed by atoms with Crippen molar-refractivity contribution in [3.63, 3.8) is 0 Å². The first-order valence-electron chi connectivity index (χ1n) is 8.78. The normalized spacial score (nSPS) is 16.9. The molecule has 28 heavy (non-hydrogen) atoms. The van der Waals surface area contributed by atoms with Gasteiger partial charge in [0.15, 0.2) is 0 Å². The fourth-order valence-corrected chi connectivity index (χ4v) is 3.73. The maximum atomic E-state index is 11.3. The zero-order valence-corrected chi connectivity index (χ0v) is 15.9. The fraction of sp³-hybridized carbons (Fsp3) is 0.263. The fourth-order valence-electron chi connectivity index (χ4n) is 3.50. The minimum Gasteiger partial charge on any atom is -0.497 e. The Morgan fingerprint density at radius 3 is 2.79 bits per heavy atom. The number of benzene rings is 2. The molecule has 144 valence electrons. The van der Waals surface area contributed by atoms with E-state index in [4.69, 9.17) is 16.3 Å². The minimum absolute atomic E-state index is 0.0208. The van der Waals surface area contributed by atoms with Crippen LogP contribution in [0.3, 0.4) is 0 Å². The second kappa shape index (κ2) is 7.57. The molecule has 1 fully saturated rings. The van der Waals surface area contributed by atoms with E-state index < -0.39 is 4.92 Å². The Labute approximate surface area is 166 Å². The molecule has 0 aliphatic carbocycles. The van der Waals surface area contributed by atoms with Crippen LogP contribution in [-0.2, 0) is 0 Å². The number of anilines is 1. The lowest BCUT2D eigenvalue weighted by Crippen LogP contribution is -2.46. The van der Waals surface area contributed by atoms with Crippen molar-refractivity contribution in [1.29, 1.82) is 0 Å². The van der Waals surface area contributed by atoms with Crippen molar-refractivity contribution in [2.75, 3.05) is 31.6 Å². The average Bonchev–Trinajstić information content (AvgIpc) is 2.72. The van der Waals surface area contributed by atoms with Crippen molar-refractivity contribution in [3.05, 3.63) is 63.4 Å². The number of piperazine rings is 1. The minimum atomic E-state index is -0.489. The van der Waals surface area contributed by atoms with Crippen molar-refractivity contribution in [1.82, 2.24) is 15.3 Å². The van der Waals surface area contributed by atoms with Crippen molar-refractivity contribution < 1.29 is 9.66 Å². The monoisotopic (exact) mass is 399 g/mol. The van der Waals surface area contributed by atoms with E-state index in [1.54, 1.807) is 7.11 Å². The summed E-state index contributed by atoms with van der Waals surface area (Å²) in [7, 11) is 1.63. The number of nitrogens with one attached hydrogen (secondary N) is 1. The summed E-state index contributed by atoms with van der Waals surface area (Å²) in [5.41, 5.74) is 1.53. The Balaban J connectivity index is 1.81. The van der Waals surface area contributed by atoms with Crippen molar-refractivity contribution in [3.8, 4) is 5.75 Å². The van der Waals surface area contributed by atoms with Crippen LogP contribution in [0.4, 0.5) is 11.5 Å². The summed E-state index contributed by atoms with van der Waals surface area (Å²) in [5, 5.41) is 15.4. The average molecular weight is 400 g/mol. The number of rotatable bonds is 4. The Hall–Kier alpha value is -2.97. The van der Waals surface area contributed by atoms with Crippen LogP contribution >= 0.6 is 11.6 Å². The second-order valence-corrected chi connectivity index (χ2v) is 6.87. The van der Waals surface area contributed by atoms with Gasteiger partial charge in [0.2, 0.25) is 0 Å². The van der Waals surface area contributed by atoms with E-state index in [2.05, 4.69) is 20.2 Å². The van der Waals surface area contributed by atoms with Gasteiger partial charge in [0.1, 0.15) is 22.9 Å². The van der Waals surface area contributed by atoms with E-state index in [-0.39, 0.29) is 16.8 Å². The summed E-state index contributed by atoms with van der Waals surface area (Å²) in [6.45, 7) is 2.22. The van der Waals surface area contributed by atoms with Gasteiger partial charge in [-0.2, -0.15) is 0 Å². The van der Waals surface area contributed by atoms with Crippen molar-refractivity contribution in [2.45, 2.75) is 6.04 Å². The van der Waals surface area contributed by atoms with Gasteiger partial charge in [-0.05, 0) is 23.8 Å². The number of fused-ring (bicyclic) bond motifs is 1. The van der Waals surface area contributed by atoms with Gasteiger partial charge in [-0.15, -0.1) is 0 Å². The lowest BCUT2D eigenvalue weighted by atomic mass is 10.0. The van der Waals surface area contributed by atoms with Gasteiger partial charge in [-0.3, -0.25) is 10.1 Å². The van der Waals surface area contributed by atoms with Gasteiger partial charge in [-0.25, -0.2) is 9.97 Å². The molecule has 9 heteroatoms. The number of aromatic nitrogens is 2. The van der Waals surface area contributed by atoms with E-state index in [1.165, 1.54) is 18.5 Å². The molecule has 1 aliphatic rings. The molecular formula is C19H18ClN5O3. The Bertz CT molecular complexity index is 1030. The molecule has 8 nitrogen and oxygen atoms in total. The summed E-state index contributed by atoms with van der Waals surface area (Å²) >= 11 is 6.05. The Morgan fingerprint density at radius 1 is 1.29 bits per heavy atom. The summed E-state index contributed by atoms with van der Waals surface area (Å²) < 4.78 is 5.25. The van der Waals surface area contributed by atoms with E-state index in [0.717, 1.165) is 24.4 Å². The first-order chi connectivity index (χ1) is 13.6. The van der Waals surface area contributed by atoms with Crippen LogP contribution < -0.4 is 15.0 Å². The first kappa shape index (κ1) is 18.4. The molecule has 0 bridgehead atoms. The molecule has 1 atom stereocenters. The third-order valence-electron chi connectivity index (χ3n) is 4.90. The zero-order valence-electron chi connectivity index (χ0n) is 15.1. The summed E-state index contributed by atoms with van der Waals surface area (Å²) in [6, 6.07) is 10.9. The quantitative estimate of drug-likeness (QED) is 0.531. The lowest BCUT2D eigenvalue weighted by molar-refractivity contribution is -0.384. The van der Waals surface area contributed by atoms with Crippen LogP contribution in [0, 0.1) is 10.1 Å². The maximum absolute atomic E-state index is 11.3. The topological polar surface area (TPSA) is 93.4 Å². The summed E-state index contributed by atoms with van der Waals surface area (Å²) in [4.78, 5) is 21.7. The molecule has 1 aliphatic heterocycles. The molecule has 1 saturated heterocycles. The highest BCUT2D eigenvalue weighted by atomic mass is 35.5. The third kappa shape index (κ3) is 3.32. The van der Waals surface area contributed by atoms with Crippen LogP contribution in [0.25, 0.3) is 10.9 Å². The highest BCUT2D eigenvalue weighted by molar-refractivity contribution is 6.33. The first-order valence-corrected chi connectivity index (χ1v) is 9.16. The maximum Gasteiger partial charge on any atom is 0.288 e. The molecule has 2 heterocycles. The molecule has 3 aromatic rings. The highest BCUT2D eigenvalue weighted by Gasteiger charge is 2.27. The molecule has 0 radical (unpaired) electrons. The van der Waals surface area contributed by atoms with Crippen LogP contribution in [0.15, 0.2) is 42.7 Å². The van der Waals surface area contributed by atoms with Crippen molar-refractivity contribution >= 4 is 34.0 Å². The number of methoxy groups -OCH3 is 1. The molecule has 0 amide bonds. The Kier molecular flexibility index (Phi) is 4.97. The largest absolute Gasteiger partial charge is 0.497 e. The Morgan fingerprint density at radius 2 is 2.07 bits per heavy atom. The van der Waals surface area contributed by atoms with Crippen LogP contribution in [0.1, 0.15) is 11.6 Å². The summed E-state index contributed by atoms with van der Waals surface area (Å²) in [5.74, 6) is 1.45. The summed E-state index contributed by atoms with van der Waals surface area (Å²) in [6.07, 6.45) is 1.47. The number of halogens is 1. The van der Waals surface area contributed by atoms with E-state index in [9.17, 15) is 10.1 Å². The molecule has 4 rings (SSSR count). The molecule has 1 aromatic heterocycles. The van der Waals surface area contributed by atoms with Gasteiger partial charge < -0.3 is 15.0 Å². The van der Waals surface area contributed by atoms with Crippen LogP contribution in [0.2, 0.25) is 5.02 Å². The standard InChI is InChI=1S/C19H18ClN5O3/c1-28-13-4-2-12(3-5-13)18-10-21-6-7-24(18)19-14-8-17(25(26)27)15(20)9-16(14)22-11-23-19/h2-5,8-9,11,18,21H,6-7,10H2,1H3. The zero-order chi connectivity index (χ0) is 19.7. The lowest BCUT2D eigenvalue weighted by Gasteiger charge is -2.38. The number of nitro groups is 1. The van der Waals surface area contributed by atoms with E-state index in [0.29, 0.717) is 23.3 Å². The second-order valence-electron chi connectivity index (χ2n) is 6.46. The number of ether oxygens (including phenoxy) is 1. The molecule has 1 unspecified atom stereocenters. The number of hydrogen-bond donors (Lipinski definition) is 1. The number of hydrogen-bond acceptors (Lipinski definition) is 7. The molecular weight excluding hydrogens is 382 g/mol. The highest BCUT2D eigenvalue weighted by Crippen LogP contribution is 2.36. The third-order valence-corrected chi connectivity index (χ3v) is 5.20.